The van der Waals surface area contributed by atoms with Crippen LogP contribution in [0.15, 0.2) is 158 Å². The molecule has 0 heterocycles. The van der Waals surface area contributed by atoms with Crippen molar-refractivity contribution in [3.63, 3.8) is 0 Å². The molecule has 10 aromatic carbocycles. The summed E-state index contributed by atoms with van der Waals surface area (Å²) < 4.78 is 0. The Balaban J connectivity index is 0.995. The minimum absolute atomic E-state index is 0.0331. The number of rotatable bonds is 6. The van der Waals surface area contributed by atoms with Crippen LogP contribution in [0.3, 0.4) is 0 Å². The summed E-state index contributed by atoms with van der Waals surface area (Å²) in [7, 11) is 0. The molecule has 0 amide bonds. The van der Waals surface area contributed by atoms with Crippen LogP contribution in [-0.2, 0) is 16.2 Å². The smallest absolute Gasteiger partial charge is 0.0543 e. The minimum atomic E-state index is -0.235. The fourth-order valence-corrected chi connectivity index (χ4v) is 15.7. The molecule has 386 valence electrons. The van der Waals surface area contributed by atoms with Crippen LogP contribution < -0.4 is 9.80 Å². The molecule has 1 fully saturated rings. The summed E-state index contributed by atoms with van der Waals surface area (Å²) in [5.74, 6) is 0. The van der Waals surface area contributed by atoms with Gasteiger partial charge in [0.2, 0.25) is 0 Å². The Morgan fingerprint density at radius 2 is 0.628 bits per heavy atom. The summed E-state index contributed by atoms with van der Waals surface area (Å²) in [6.45, 7) is 27.9. The van der Waals surface area contributed by atoms with Gasteiger partial charge in [-0.1, -0.05) is 178 Å². The Morgan fingerprint density at radius 3 is 0.962 bits per heavy atom. The molecule has 2 heteroatoms. The van der Waals surface area contributed by atoms with Crippen LogP contribution in [0.25, 0.3) is 54.9 Å². The number of aryl methyl sites for hydroxylation is 8. The molecule has 10 aromatic rings. The van der Waals surface area contributed by atoms with E-state index in [1.54, 1.807) is 11.1 Å². The maximum Gasteiger partial charge on any atom is 0.0543 e. The standard InChI is InChI=1S/C76H72N2/c1-44-24-28-66(48(5)34-44)77(67-29-25-45(2)35-49(67)6)70-42-64-72(54-22-16-14-20-52(54)70)58-38-56-57-39-59-61(41-63(57)76(32-18-13-19-33-76)62(56)40-60(58)74(64,9)10)75(11,12)65-43-71(53-21-15-17-23-55(53)73(59)65)78(68-30-26-46(3)36-50(68)7)69-31-27-47(4)37-51(69)8/h14-17,20-31,34-43H,13,18-19,32-33H2,1-12H3. The Kier molecular flexibility index (Phi) is 10.7. The topological polar surface area (TPSA) is 6.48 Å². The molecule has 14 rings (SSSR count). The van der Waals surface area contributed by atoms with Gasteiger partial charge in [-0.2, -0.15) is 0 Å². The van der Waals surface area contributed by atoms with Crippen LogP contribution in [0.2, 0.25) is 0 Å². The molecule has 0 saturated heterocycles. The molecule has 2 nitrogen and oxygen atoms in total. The van der Waals surface area contributed by atoms with E-state index in [-0.39, 0.29) is 16.2 Å². The maximum absolute atomic E-state index is 2.73. The highest BCUT2D eigenvalue weighted by Gasteiger charge is 2.49. The second-order valence-electron chi connectivity index (χ2n) is 25.3. The third kappa shape index (κ3) is 6.87. The van der Waals surface area contributed by atoms with E-state index in [2.05, 4.69) is 251 Å². The zero-order valence-corrected chi connectivity index (χ0v) is 47.9. The lowest BCUT2D eigenvalue weighted by Crippen LogP contribution is -2.29. The summed E-state index contributed by atoms with van der Waals surface area (Å²) in [4.78, 5) is 5.13. The average molecular weight is 1010 g/mol. The predicted molar refractivity (Wildman–Crippen MR) is 333 cm³/mol. The number of hydrogen-bond acceptors (Lipinski definition) is 2. The molecule has 0 bridgehead atoms. The molecule has 0 N–H and O–H groups in total. The van der Waals surface area contributed by atoms with Crippen molar-refractivity contribution < 1.29 is 0 Å². The first-order valence-electron chi connectivity index (χ1n) is 28.9. The first-order valence-corrected chi connectivity index (χ1v) is 28.9. The Hall–Kier alpha value is -7.68. The van der Waals surface area contributed by atoms with Crippen LogP contribution in [0, 0.1) is 55.4 Å². The first kappa shape index (κ1) is 48.7. The molecule has 78 heavy (non-hydrogen) atoms. The van der Waals surface area contributed by atoms with Crippen molar-refractivity contribution in [3.8, 4) is 33.4 Å². The van der Waals surface area contributed by atoms with Gasteiger partial charge in [-0.3, -0.25) is 0 Å². The predicted octanol–water partition coefficient (Wildman–Crippen LogP) is 21.2. The average Bonchev–Trinajstić information content (AvgIpc) is 2.53. The molecule has 1 spiro atoms. The molecule has 0 aromatic heterocycles. The third-order valence-electron chi connectivity index (χ3n) is 19.5. The van der Waals surface area contributed by atoms with Gasteiger partial charge in [0.25, 0.3) is 0 Å². The highest BCUT2D eigenvalue weighted by Crippen LogP contribution is 2.64. The number of benzene rings is 10. The van der Waals surface area contributed by atoms with Gasteiger partial charge in [0.05, 0.1) is 11.4 Å². The van der Waals surface area contributed by atoms with Crippen LogP contribution in [0.4, 0.5) is 34.1 Å². The quantitative estimate of drug-likeness (QED) is 0.164. The van der Waals surface area contributed by atoms with Crippen molar-refractivity contribution >= 4 is 55.7 Å². The Labute approximate surface area is 463 Å². The van der Waals surface area contributed by atoms with Gasteiger partial charge in [0.1, 0.15) is 0 Å². The lowest BCUT2D eigenvalue weighted by atomic mass is 9.66. The fraction of sp³-hybridized carbons (Fsp3) is 0.263. The van der Waals surface area contributed by atoms with Crippen LogP contribution in [0.1, 0.15) is 138 Å². The monoisotopic (exact) mass is 1010 g/mol. The van der Waals surface area contributed by atoms with Crippen molar-refractivity contribution in [1.82, 2.24) is 0 Å². The van der Waals surface area contributed by atoms with Gasteiger partial charge in [-0.25, -0.2) is 0 Å². The van der Waals surface area contributed by atoms with Gasteiger partial charge >= 0.3 is 0 Å². The summed E-state index contributed by atoms with van der Waals surface area (Å²) >= 11 is 0. The number of fused-ring (bicyclic) bond motifs is 15. The van der Waals surface area contributed by atoms with E-state index in [0.717, 1.165) is 0 Å². The van der Waals surface area contributed by atoms with Gasteiger partial charge in [0, 0.05) is 49.8 Å². The second-order valence-corrected chi connectivity index (χ2v) is 25.3. The van der Waals surface area contributed by atoms with E-state index < -0.39 is 0 Å². The summed E-state index contributed by atoms with van der Waals surface area (Å²) in [6.07, 6.45) is 6.18. The Morgan fingerprint density at radius 1 is 0.295 bits per heavy atom. The van der Waals surface area contributed by atoms with Crippen LogP contribution in [0.5, 0.6) is 0 Å². The molecule has 4 aliphatic carbocycles. The van der Waals surface area contributed by atoms with Gasteiger partial charge < -0.3 is 9.80 Å². The van der Waals surface area contributed by atoms with Gasteiger partial charge in [-0.05, 0) is 217 Å². The third-order valence-corrected chi connectivity index (χ3v) is 19.5. The molecule has 0 unspecified atom stereocenters. The highest BCUT2D eigenvalue weighted by molar-refractivity contribution is 6.13. The fourth-order valence-electron chi connectivity index (χ4n) is 15.7. The lowest BCUT2D eigenvalue weighted by Gasteiger charge is -2.37. The zero-order chi connectivity index (χ0) is 53.9. The van der Waals surface area contributed by atoms with Crippen LogP contribution in [-0.4, -0.2) is 0 Å². The summed E-state index contributed by atoms with van der Waals surface area (Å²) in [5.41, 5.74) is 34.5. The van der Waals surface area contributed by atoms with E-state index in [4.69, 9.17) is 0 Å². The van der Waals surface area contributed by atoms with E-state index in [1.165, 1.54) is 188 Å². The normalized spacial score (nSPS) is 15.7. The van der Waals surface area contributed by atoms with Crippen molar-refractivity contribution in [1.29, 1.82) is 0 Å². The van der Waals surface area contributed by atoms with E-state index in [0.29, 0.717) is 0 Å². The molecular formula is C76H72N2. The SMILES string of the molecule is Cc1ccc(N(c2ccc(C)cc2C)c2cc3c(c4ccccc24)-c2cc4c(cc2C3(C)C)C2(CCCCC2)c2cc3c(cc2-4)-c2c(cc(N(c4ccc(C)cc4C)c4ccc(C)cc4C)c4ccccc24)C3(C)C)c(C)c1. The van der Waals surface area contributed by atoms with Crippen molar-refractivity contribution in [2.24, 2.45) is 0 Å². The summed E-state index contributed by atoms with van der Waals surface area (Å²) in [5, 5.41) is 5.20. The first-order chi connectivity index (χ1) is 37.5. The minimum Gasteiger partial charge on any atom is -0.309 e. The lowest BCUT2D eigenvalue weighted by molar-refractivity contribution is 0.352. The molecular weight excluding hydrogens is 941 g/mol. The van der Waals surface area contributed by atoms with Crippen molar-refractivity contribution in [3.05, 3.63) is 236 Å². The molecule has 0 radical (unpaired) electrons. The number of hydrogen-bond donors (Lipinski definition) is 0. The van der Waals surface area contributed by atoms with E-state index >= 15 is 0 Å². The van der Waals surface area contributed by atoms with Crippen molar-refractivity contribution in [2.75, 3.05) is 9.80 Å². The molecule has 0 aliphatic heterocycles. The zero-order valence-electron chi connectivity index (χ0n) is 47.9. The molecule has 4 aliphatic rings. The number of anilines is 6. The van der Waals surface area contributed by atoms with E-state index in [1.807, 2.05) is 0 Å². The molecule has 1 saturated carbocycles. The second kappa shape index (κ2) is 17.2. The van der Waals surface area contributed by atoms with Crippen molar-refractivity contribution in [2.45, 2.75) is 131 Å². The van der Waals surface area contributed by atoms with E-state index in [9.17, 15) is 0 Å². The van der Waals surface area contributed by atoms with Gasteiger partial charge in [0.15, 0.2) is 0 Å². The largest absolute Gasteiger partial charge is 0.309 e. The molecule has 0 atom stereocenters. The maximum atomic E-state index is 2.73. The van der Waals surface area contributed by atoms with Gasteiger partial charge in [-0.15, -0.1) is 0 Å². The Bertz CT molecular complexity index is 3860. The van der Waals surface area contributed by atoms with Crippen LogP contribution >= 0.6 is 0 Å². The highest BCUT2D eigenvalue weighted by atomic mass is 15.2. The summed E-state index contributed by atoms with van der Waals surface area (Å²) in [6, 6.07) is 62.3. The number of nitrogens with zero attached hydrogens (tertiary/aromatic N) is 2.